The minimum Gasteiger partial charge on any atom is -0.365 e. The first-order chi connectivity index (χ1) is 9.97. The van der Waals surface area contributed by atoms with E-state index in [1.807, 2.05) is 7.05 Å². The second-order valence-corrected chi connectivity index (χ2v) is 5.53. The van der Waals surface area contributed by atoms with Crippen LogP contribution in [0, 0.1) is 5.82 Å². The molecule has 1 aromatic carbocycles. The quantitative estimate of drug-likeness (QED) is 0.921. The number of hydrogen-bond donors (Lipinski definition) is 1. The molecule has 0 radical (unpaired) electrons. The normalized spacial score (nSPS) is 15.0. The number of benzene rings is 1. The minimum absolute atomic E-state index is 0.00832. The van der Waals surface area contributed by atoms with Gasteiger partial charge < -0.3 is 5.73 Å². The largest absolute Gasteiger partial charge is 0.365 e. The van der Waals surface area contributed by atoms with Crippen LogP contribution < -0.4 is 5.73 Å². The van der Waals surface area contributed by atoms with Crippen LogP contribution in [-0.4, -0.2) is 34.2 Å². The Morgan fingerprint density at radius 1 is 1.43 bits per heavy atom. The van der Waals surface area contributed by atoms with Gasteiger partial charge in [0.25, 0.3) is 5.91 Å². The number of rotatable bonds is 2. The Morgan fingerprint density at radius 2 is 2.19 bits per heavy atom. The molecule has 0 saturated carbocycles. The first-order valence-corrected chi connectivity index (χ1v) is 6.88. The average Bonchev–Trinajstić information content (AvgIpc) is 2.80. The second kappa shape index (κ2) is 5.13. The number of fused-ring (bicyclic) bond motifs is 1. The number of hydrogen-bond acceptors (Lipinski definition) is 3. The zero-order chi connectivity index (χ0) is 15.1. The van der Waals surface area contributed by atoms with Crippen LogP contribution in [0.4, 0.5) is 4.39 Å². The number of aromatic nitrogens is 2. The molecule has 110 valence electrons. The highest BCUT2D eigenvalue weighted by atomic mass is 35.5. The number of nitrogens with zero attached hydrogens (tertiary/aromatic N) is 3. The van der Waals surface area contributed by atoms with Crippen molar-refractivity contribution in [3.8, 4) is 11.3 Å². The van der Waals surface area contributed by atoms with Crippen molar-refractivity contribution in [1.82, 2.24) is 14.7 Å². The fourth-order valence-electron chi connectivity index (χ4n) is 2.55. The molecule has 0 atom stereocenters. The first-order valence-electron chi connectivity index (χ1n) is 6.51. The van der Waals surface area contributed by atoms with Crippen LogP contribution in [0.2, 0.25) is 5.02 Å². The number of carbonyl (C=O) groups is 1. The zero-order valence-electron chi connectivity index (χ0n) is 11.4. The van der Waals surface area contributed by atoms with Crippen LogP contribution in [0.1, 0.15) is 16.1 Å². The van der Waals surface area contributed by atoms with Crippen LogP contribution in [0.25, 0.3) is 11.3 Å². The summed E-state index contributed by atoms with van der Waals surface area (Å²) in [4.78, 5) is 13.9. The Bertz CT molecular complexity index is 728. The fraction of sp³-hybridized carbons (Fsp3) is 0.286. The Labute approximate surface area is 126 Å². The molecule has 7 heteroatoms. The van der Waals surface area contributed by atoms with Gasteiger partial charge in [-0.3, -0.25) is 14.4 Å². The highest BCUT2D eigenvalue weighted by Crippen LogP contribution is 2.30. The van der Waals surface area contributed by atoms with E-state index < -0.39 is 11.7 Å². The molecule has 1 aliphatic rings. The Morgan fingerprint density at radius 3 is 2.86 bits per heavy atom. The Kier molecular flexibility index (Phi) is 3.43. The number of halogens is 2. The van der Waals surface area contributed by atoms with E-state index in [0.717, 1.165) is 12.2 Å². The molecular weight excluding hydrogens is 295 g/mol. The summed E-state index contributed by atoms with van der Waals surface area (Å²) in [5.41, 5.74) is 7.72. The molecule has 0 bridgehead atoms. The van der Waals surface area contributed by atoms with Crippen LogP contribution >= 0.6 is 11.6 Å². The van der Waals surface area contributed by atoms with E-state index in [-0.39, 0.29) is 5.02 Å². The molecule has 0 fully saturated rings. The van der Waals surface area contributed by atoms with Crippen molar-refractivity contribution in [2.75, 3.05) is 13.6 Å². The first kappa shape index (κ1) is 14.0. The van der Waals surface area contributed by atoms with Gasteiger partial charge in [0.15, 0.2) is 0 Å². The SMILES string of the molecule is CN1CCn2nc(-c3ccc(F)c(Cl)c3)c(C(N)=O)c2C1. The molecule has 0 unspecified atom stereocenters. The predicted molar refractivity (Wildman–Crippen MR) is 77.5 cm³/mol. The molecule has 2 aromatic rings. The third kappa shape index (κ3) is 2.41. The molecule has 1 amide bonds. The molecule has 0 spiro atoms. The summed E-state index contributed by atoms with van der Waals surface area (Å²) in [7, 11) is 1.97. The van der Waals surface area contributed by atoms with Crippen molar-refractivity contribution in [3.63, 3.8) is 0 Å². The number of primary amides is 1. The van der Waals surface area contributed by atoms with Crippen molar-refractivity contribution >= 4 is 17.5 Å². The van der Waals surface area contributed by atoms with Gasteiger partial charge in [-0.1, -0.05) is 11.6 Å². The standard InChI is InChI=1S/C14H14ClFN4O/c1-19-4-5-20-11(7-19)12(14(17)21)13(18-20)8-2-3-10(16)9(15)6-8/h2-3,6H,4-5,7H2,1H3,(H2,17,21). The zero-order valence-corrected chi connectivity index (χ0v) is 12.2. The van der Waals surface area contributed by atoms with Gasteiger partial charge in [-0.15, -0.1) is 0 Å². The third-order valence-electron chi connectivity index (χ3n) is 3.61. The molecule has 2 N–H and O–H groups in total. The number of likely N-dealkylation sites (N-methyl/N-ethyl adjacent to an activating group) is 1. The highest BCUT2D eigenvalue weighted by Gasteiger charge is 2.26. The molecule has 2 heterocycles. The molecule has 0 aliphatic carbocycles. The van der Waals surface area contributed by atoms with Gasteiger partial charge in [-0.2, -0.15) is 5.10 Å². The van der Waals surface area contributed by atoms with Crippen molar-refractivity contribution in [1.29, 1.82) is 0 Å². The van der Waals surface area contributed by atoms with E-state index in [0.29, 0.717) is 29.9 Å². The maximum Gasteiger partial charge on any atom is 0.252 e. The van der Waals surface area contributed by atoms with Gasteiger partial charge in [0.1, 0.15) is 11.5 Å². The smallest absolute Gasteiger partial charge is 0.252 e. The fourth-order valence-corrected chi connectivity index (χ4v) is 2.73. The van der Waals surface area contributed by atoms with Crippen molar-refractivity contribution in [2.45, 2.75) is 13.1 Å². The summed E-state index contributed by atoms with van der Waals surface area (Å²) >= 11 is 5.81. The van der Waals surface area contributed by atoms with Gasteiger partial charge in [0.2, 0.25) is 0 Å². The van der Waals surface area contributed by atoms with Gasteiger partial charge >= 0.3 is 0 Å². The molecular formula is C14H14ClFN4O. The summed E-state index contributed by atoms with van der Waals surface area (Å²) in [6.07, 6.45) is 0. The van der Waals surface area contributed by atoms with E-state index in [1.165, 1.54) is 12.1 Å². The van der Waals surface area contributed by atoms with E-state index in [1.54, 1.807) is 10.7 Å². The Hall–Kier alpha value is -1.92. The molecule has 1 aliphatic heterocycles. The van der Waals surface area contributed by atoms with Gasteiger partial charge in [-0.25, -0.2) is 4.39 Å². The molecule has 3 rings (SSSR count). The van der Waals surface area contributed by atoms with Gasteiger partial charge in [-0.05, 0) is 25.2 Å². The minimum atomic E-state index is -0.540. The lowest BCUT2D eigenvalue weighted by atomic mass is 10.0. The summed E-state index contributed by atoms with van der Waals surface area (Å²) < 4.78 is 15.1. The number of amides is 1. The summed E-state index contributed by atoms with van der Waals surface area (Å²) in [6.45, 7) is 2.12. The van der Waals surface area contributed by atoms with Crippen molar-refractivity contribution in [2.24, 2.45) is 5.73 Å². The molecule has 1 aromatic heterocycles. The van der Waals surface area contributed by atoms with Crippen LogP contribution in [0.5, 0.6) is 0 Å². The topological polar surface area (TPSA) is 64.2 Å². The lowest BCUT2D eigenvalue weighted by molar-refractivity contribution is 0.0998. The lowest BCUT2D eigenvalue weighted by Gasteiger charge is -2.23. The van der Waals surface area contributed by atoms with Gasteiger partial charge in [0.05, 0.1) is 22.8 Å². The third-order valence-corrected chi connectivity index (χ3v) is 3.90. The maximum absolute atomic E-state index is 13.3. The lowest BCUT2D eigenvalue weighted by Crippen LogP contribution is -2.32. The number of nitrogens with two attached hydrogens (primary N) is 1. The Balaban J connectivity index is 2.18. The van der Waals surface area contributed by atoms with Crippen molar-refractivity contribution in [3.05, 3.63) is 40.3 Å². The summed E-state index contributed by atoms with van der Waals surface area (Å²) in [5, 5.41) is 4.45. The van der Waals surface area contributed by atoms with Crippen LogP contribution in [-0.2, 0) is 13.1 Å². The van der Waals surface area contributed by atoms with Crippen LogP contribution in [0.15, 0.2) is 18.2 Å². The summed E-state index contributed by atoms with van der Waals surface area (Å²) in [5.74, 6) is -1.05. The molecule has 0 saturated heterocycles. The number of carbonyl (C=O) groups excluding carboxylic acids is 1. The molecule has 21 heavy (non-hydrogen) atoms. The van der Waals surface area contributed by atoms with E-state index in [4.69, 9.17) is 17.3 Å². The predicted octanol–water partition coefficient (Wildman–Crippen LogP) is 1.89. The van der Waals surface area contributed by atoms with E-state index >= 15 is 0 Å². The summed E-state index contributed by atoms with van der Waals surface area (Å²) in [6, 6.07) is 4.26. The van der Waals surface area contributed by atoms with E-state index in [9.17, 15) is 9.18 Å². The van der Waals surface area contributed by atoms with Crippen molar-refractivity contribution < 1.29 is 9.18 Å². The highest BCUT2D eigenvalue weighted by molar-refractivity contribution is 6.31. The van der Waals surface area contributed by atoms with Crippen LogP contribution in [0.3, 0.4) is 0 Å². The van der Waals surface area contributed by atoms with Gasteiger partial charge in [0, 0.05) is 18.7 Å². The second-order valence-electron chi connectivity index (χ2n) is 5.12. The monoisotopic (exact) mass is 308 g/mol. The molecule has 5 nitrogen and oxygen atoms in total. The van der Waals surface area contributed by atoms with E-state index in [2.05, 4.69) is 10.00 Å². The maximum atomic E-state index is 13.3. The average molecular weight is 309 g/mol.